The van der Waals surface area contributed by atoms with Crippen LogP contribution in [-0.2, 0) is 17.8 Å². The molecule has 0 saturated heterocycles. The van der Waals surface area contributed by atoms with E-state index >= 15 is 0 Å². The van der Waals surface area contributed by atoms with Gasteiger partial charge in [-0.2, -0.15) is 86.4 Å². The van der Waals surface area contributed by atoms with Crippen LogP contribution >= 0.6 is 11.8 Å². The fourth-order valence-corrected chi connectivity index (χ4v) is 6.81. The third-order valence-corrected chi connectivity index (χ3v) is 10.7. The maximum absolute atomic E-state index is 14.1. The van der Waals surface area contributed by atoms with Crippen LogP contribution in [0.15, 0.2) is 18.2 Å². The van der Waals surface area contributed by atoms with Crippen molar-refractivity contribution in [1.29, 1.82) is 0 Å². The maximum atomic E-state index is 14.1. The lowest BCUT2D eigenvalue weighted by Crippen LogP contribution is -2.74. The topological polar surface area (TPSA) is 46.5 Å². The van der Waals surface area contributed by atoms with Crippen LogP contribution < -0.4 is 4.74 Å². The number of carbonyl (C=O) groups is 1. The van der Waals surface area contributed by atoms with Crippen molar-refractivity contribution in [3.63, 3.8) is 0 Å². The zero-order valence-electron chi connectivity index (χ0n) is 32.4. The summed E-state index contributed by atoms with van der Waals surface area (Å²) in [6, 6.07) is 4.28. The summed E-state index contributed by atoms with van der Waals surface area (Å²) in [6.45, 7) is 1.63. The van der Waals surface area contributed by atoms with E-state index in [0.717, 1.165) is 25.7 Å². The van der Waals surface area contributed by atoms with Gasteiger partial charge in [-0.25, -0.2) is 0 Å². The maximum Gasteiger partial charge on any atom is 0.460 e. The van der Waals surface area contributed by atoms with Crippen LogP contribution in [0, 0.1) is 0 Å². The Balaban J connectivity index is 2.56. The monoisotopic (exact) mass is 910 g/mol. The fraction of sp³-hybridized carbons (Fsp3) is 0.816. The van der Waals surface area contributed by atoms with Crippen molar-refractivity contribution in [2.75, 3.05) is 11.5 Å². The SMILES string of the molecule is CCCCCCCCCCCCCCCCCC(=O)Oc1ccc(CCCSCCC(F)(F)C(F)(F)C(F)(F)C(F)(F)C(F)(F)C(F)(F)C(F)(F)C(F)(F)F)cc1CO. The average molecular weight is 911 g/mol. The van der Waals surface area contributed by atoms with Crippen molar-refractivity contribution in [1.82, 2.24) is 0 Å². The van der Waals surface area contributed by atoms with Crippen LogP contribution in [0.1, 0.15) is 134 Å². The highest BCUT2D eigenvalue weighted by Crippen LogP contribution is 2.64. The minimum Gasteiger partial charge on any atom is -0.426 e. The molecule has 0 aromatic heterocycles. The van der Waals surface area contributed by atoms with Crippen LogP contribution in [0.2, 0.25) is 0 Å². The molecule has 0 atom stereocenters. The fourth-order valence-electron chi connectivity index (χ4n) is 5.86. The van der Waals surface area contributed by atoms with E-state index in [2.05, 4.69) is 6.92 Å². The molecule has 0 bridgehead atoms. The number of benzene rings is 1. The normalized spacial score (nSPS) is 13.9. The van der Waals surface area contributed by atoms with Gasteiger partial charge in [0.25, 0.3) is 0 Å². The largest absolute Gasteiger partial charge is 0.460 e. The highest BCUT2D eigenvalue weighted by Gasteiger charge is 2.95. The summed E-state index contributed by atoms with van der Waals surface area (Å²) in [5.74, 6) is -58.2. The summed E-state index contributed by atoms with van der Waals surface area (Å²) in [5, 5.41) is 9.73. The molecule has 1 aromatic carbocycles. The molecule has 0 fully saturated rings. The lowest BCUT2D eigenvalue weighted by atomic mass is 9.88. The summed E-state index contributed by atoms with van der Waals surface area (Å²) >= 11 is 0.335. The van der Waals surface area contributed by atoms with Gasteiger partial charge < -0.3 is 9.84 Å². The number of carbonyl (C=O) groups excluding carboxylic acids is 1. The number of alkyl halides is 17. The van der Waals surface area contributed by atoms with Gasteiger partial charge in [0.15, 0.2) is 0 Å². The molecule has 346 valence electrons. The van der Waals surface area contributed by atoms with Crippen molar-refractivity contribution in [3.8, 4) is 5.75 Å². The number of rotatable bonds is 31. The van der Waals surface area contributed by atoms with Crippen LogP contribution in [-0.4, -0.2) is 70.2 Å². The van der Waals surface area contributed by atoms with Gasteiger partial charge in [0.05, 0.1) is 6.61 Å². The van der Waals surface area contributed by atoms with E-state index in [4.69, 9.17) is 4.74 Å². The molecule has 3 nitrogen and oxygen atoms in total. The summed E-state index contributed by atoms with van der Waals surface area (Å²) in [6.07, 6.45) is 7.24. The van der Waals surface area contributed by atoms with E-state index in [-0.39, 0.29) is 36.3 Å². The Morgan fingerprint density at radius 3 is 1.42 bits per heavy atom. The molecule has 0 aliphatic rings. The molecule has 0 aliphatic carbocycles. The van der Waals surface area contributed by atoms with Crippen LogP contribution in [0.3, 0.4) is 0 Å². The van der Waals surface area contributed by atoms with E-state index in [9.17, 15) is 84.5 Å². The first-order chi connectivity index (χ1) is 27.1. The Kier molecular flexibility index (Phi) is 21.7. The van der Waals surface area contributed by atoms with Crippen molar-refractivity contribution in [2.24, 2.45) is 0 Å². The Bertz CT molecular complexity index is 1390. The molecule has 0 aliphatic heterocycles. The van der Waals surface area contributed by atoms with Crippen LogP contribution in [0.5, 0.6) is 5.75 Å². The highest BCUT2D eigenvalue weighted by molar-refractivity contribution is 7.99. The first-order valence-corrected chi connectivity index (χ1v) is 20.5. The van der Waals surface area contributed by atoms with E-state index in [1.54, 1.807) is 0 Å². The second kappa shape index (κ2) is 23.3. The van der Waals surface area contributed by atoms with E-state index in [1.165, 1.54) is 82.4 Å². The standard InChI is InChI=1S/C38H51F17O3S/c1-2-3-4-5-6-7-8-9-10-11-12-13-14-15-16-19-30(57)58-29-21-20-27(25-28(29)26-56)18-17-23-59-24-22-31(39,40)32(41,42)33(43,44)34(45,46)35(47,48)36(49,50)37(51,52)38(53,54)55/h20-21,25,56H,2-19,22-24,26H2,1H3. The highest BCUT2D eigenvalue weighted by atomic mass is 32.2. The molecular weight excluding hydrogens is 859 g/mol. The predicted octanol–water partition coefficient (Wildman–Crippen LogP) is 14.4. The van der Waals surface area contributed by atoms with Gasteiger partial charge in [-0.15, -0.1) is 0 Å². The number of halogens is 17. The van der Waals surface area contributed by atoms with Gasteiger partial charge in [-0.1, -0.05) is 103 Å². The molecule has 1 rings (SSSR count). The number of ether oxygens (including phenoxy) is 1. The summed E-state index contributed by atoms with van der Waals surface area (Å²) in [5.41, 5.74) is 0.689. The molecule has 0 heterocycles. The Morgan fingerprint density at radius 1 is 0.559 bits per heavy atom. The summed E-state index contributed by atoms with van der Waals surface area (Å²) in [4.78, 5) is 12.3. The number of esters is 1. The number of hydrogen-bond donors (Lipinski definition) is 1. The van der Waals surface area contributed by atoms with Gasteiger partial charge in [-0.3, -0.25) is 4.79 Å². The molecule has 0 radical (unpaired) electrons. The third kappa shape index (κ3) is 14.2. The number of thioether (sulfide) groups is 1. The average Bonchev–Trinajstić information content (AvgIpc) is 3.14. The van der Waals surface area contributed by atoms with Crippen molar-refractivity contribution < 1.29 is 89.3 Å². The second-order valence-electron chi connectivity index (χ2n) is 14.4. The minimum atomic E-state index is -8.64. The van der Waals surface area contributed by atoms with Crippen molar-refractivity contribution in [2.45, 2.75) is 183 Å². The molecule has 1 N–H and O–H groups in total. The van der Waals surface area contributed by atoms with Crippen molar-refractivity contribution in [3.05, 3.63) is 29.3 Å². The van der Waals surface area contributed by atoms with Crippen LogP contribution in [0.4, 0.5) is 74.6 Å². The van der Waals surface area contributed by atoms with Crippen LogP contribution in [0.25, 0.3) is 0 Å². The third-order valence-electron chi connectivity index (χ3n) is 9.61. The molecule has 59 heavy (non-hydrogen) atoms. The quantitative estimate of drug-likeness (QED) is 0.0349. The van der Waals surface area contributed by atoms with Gasteiger partial charge >= 0.3 is 53.6 Å². The number of hydrogen-bond acceptors (Lipinski definition) is 4. The van der Waals surface area contributed by atoms with E-state index in [0.29, 0.717) is 23.7 Å². The Hall–Kier alpha value is -2.19. The van der Waals surface area contributed by atoms with E-state index < -0.39 is 72.4 Å². The molecule has 1 aromatic rings. The van der Waals surface area contributed by atoms with E-state index in [1.807, 2.05) is 0 Å². The van der Waals surface area contributed by atoms with Gasteiger partial charge in [0, 0.05) is 18.4 Å². The summed E-state index contributed by atoms with van der Waals surface area (Å²) in [7, 11) is 0. The number of unbranched alkanes of at least 4 members (excludes halogenated alkanes) is 14. The number of aliphatic hydroxyl groups is 1. The minimum absolute atomic E-state index is 0.0405. The summed E-state index contributed by atoms with van der Waals surface area (Å²) < 4.78 is 234. The molecule has 0 unspecified atom stereocenters. The number of aryl methyl sites for hydroxylation is 1. The second-order valence-corrected chi connectivity index (χ2v) is 15.6. The van der Waals surface area contributed by atoms with Crippen molar-refractivity contribution >= 4 is 17.7 Å². The lowest BCUT2D eigenvalue weighted by molar-refractivity contribution is -0.461. The lowest BCUT2D eigenvalue weighted by Gasteiger charge is -2.42. The number of aliphatic hydroxyl groups excluding tert-OH is 1. The Labute approximate surface area is 336 Å². The molecule has 0 spiro atoms. The smallest absolute Gasteiger partial charge is 0.426 e. The predicted molar refractivity (Wildman–Crippen MR) is 188 cm³/mol. The first-order valence-electron chi connectivity index (χ1n) is 19.3. The van der Waals surface area contributed by atoms with Gasteiger partial charge in [0.1, 0.15) is 5.75 Å². The molecular formula is C38H51F17O3S. The zero-order chi connectivity index (χ0) is 45.4. The van der Waals surface area contributed by atoms with Gasteiger partial charge in [-0.05, 0) is 48.5 Å². The van der Waals surface area contributed by atoms with Gasteiger partial charge in [0.2, 0.25) is 0 Å². The molecule has 0 amide bonds. The molecule has 0 saturated carbocycles. The first kappa shape index (κ1) is 54.8. The Morgan fingerprint density at radius 2 is 0.983 bits per heavy atom. The molecule has 21 heteroatoms. The zero-order valence-corrected chi connectivity index (χ0v) is 33.2.